The standard InChI is InChI=1S/C28H27BrN2O6/c1-34-20-13-16(14-21(35-2)24(20)36-3)22-23(26(32)37-4)31-25(15-9-11-17(29)12-10-15)28(22)18-7-5-6-8-19(18)30-27(28)33/h5-14,22-23,25,31H,1-4H3,(H,30,33)/t22-,23-,25-,28+/m0/s1. The number of benzene rings is 3. The van der Waals surface area contributed by atoms with Crippen molar-refractivity contribution < 1.29 is 28.5 Å². The van der Waals surface area contributed by atoms with Crippen molar-refractivity contribution in [1.82, 2.24) is 5.32 Å². The van der Waals surface area contributed by atoms with Crippen molar-refractivity contribution in [2.24, 2.45) is 0 Å². The van der Waals surface area contributed by atoms with Gasteiger partial charge in [0, 0.05) is 16.1 Å². The molecule has 0 saturated carbocycles. The summed E-state index contributed by atoms with van der Waals surface area (Å²) < 4.78 is 22.9. The molecule has 3 aromatic rings. The van der Waals surface area contributed by atoms with Gasteiger partial charge in [0.15, 0.2) is 11.5 Å². The van der Waals surface area contributed by atoms with E-state index in [1.165, 1.54) is 28.4 Å². The van der Waals surface area contributed by atoms with Crippen LogP contribution in [-0.2, 0) is 19.7 Å². The Labute approximate surface area is 223 Å². The second kappa shape index (κ2) is 9.72. The first-order valence-electron chi connectivity index (χ1n) is 11.7. The Bertz CT molecular complexity index is 1340. The number of ether oxygens (including phenoxy) is 4. The topological polar surface area (TPSA) is 95.1 Å². The summed E-state index contributed by atoms with van der Waals surface area (Å²) in [6.07, 6.45) is 0. The molecule has 8 nitrogen and oxygen atoms in total. The second-order valence-electron chi connectivity index (χ2n) is 8.96. The van der Waals surface area contributed by atoms with Crippen molar-refractivity contribution >= 4 is 33.5 Å². The monoisotopic (exact) mass is 566 g/mol. The predicted molar refractivity (Wildman–Crippen MR) is 141 cm³/mol. The zero-order valence-electron chi connectivity index (χ0n) is 20.8. The van der Waals surface area contributed by atoms with Gasteiger partial charge in [-0.1, -0.05) is 46.3 Å². The van der Waals surface area contributed by atoms with Crippen molar-refractivity contribution in [3.05, 3.63) is 81.8 Å². The third kappa shape index (κ3) is 3.76. The fourth-order valence-electron chi connectivity index (χ4n) is 5.83. The molecule has 2 aliphatic rings. The van der Waals surface area contributed by atoms with Crippen LogP contribution < -0.4 is 24.8 Å². The van der Waals surface area contributed by atoms with Gasteiger partial charge >= 0.3 is 5.97 Å². The molecule has 1 saturated heterocycles. The van der Waals surface area contributed by atoms with E-state index in [1.807, 2.05) is 48.5 Å². The number of esters is 1. The molecule has 3 aromatic carbocycles. The minimum Gasteiger partial charge on any atom is -0.493 e. The van der Waals surface area contributed by atoms with Crippen LogP contribution in [0.25, 0.3) is 0 Å². The molecular weight excluding hydrogens is 540 g/mol. The summed E-state index contributed by atoms with van der Waals surface area (Å²) in [6, 6.07) is 17.5. The van der Waals surface area contributed by atoms with E-state index in [-0.39, 0.29) is 5.91 Å². The van der Waals surface area contributed by atoms with E-state index in [2.05, 4.69) is 26.6 Å². The molecule has 0 bridgehead atoms. The molecule has 1 fully saturated rings. The van der Waals surface area contributed by atoms with Gasteiger partial charge in [0.25, 0.3) is 0 Å². The summed E-state index contributed by atoms with van der Waals surface area (Å²) in [5.74, 6) is -0.0898. The first-order valence-corrected chi connectivity index (χ1v) is 12.5. The number of halogens is 1. The van der Waals surface area contributed by atoms with E-state index < -0.39 is 29.4 Å². The molecule has 37 heavy (non-hydrogen) atoms. The van der Waals surface area contributed by atoms with Gasteiger partial charge in [0.1, 0.15) is 11.5 Å². The maximum absolute atomic E-state index is 14.2. The Balaban J connectivity index is 1.84. The largest absolute Gasteiger partial charge is 0.493 e. The van der Waals surface area contributed by atoms with E-state index in [0.29, 0.717) is 28.5 Å². The summed E-state index contributed by atoms with van der Waals surface area (Å²) in [6.45, 7) is 0. The fraction of sp³-hybridized carbons (Fsp3) is 0.286. The average molecular weight is 567 g/mol. The van der Waals surface area contributed by atoms with Crippen LogP contribution >= 0.6 is 15.9 Å². The highest BCUT2D eigenvalue weighted by Crippen LogP contribution is 2.60. The number of fused-ring (bicyclic) bond motifs is 2. The lowest BCUT2D eigenvalue weighted by atomic mass is 9.63. The molecule has 0 aliphatic carbocycles. The van der Waals surface area contributed by atoms with Crippen LogP contribution in [0.15, 0.2) is 65.1 Å². The second-order valence-corrected chi connectivity index (χ2v) is 9.87. The average Bonchev–Trinajstić information content (AvgIpc) is 3.43. The van der Waals surface area contributed by atoms with E-state index in [1.54, 1.807) is 12.1 Å². The molecule has 1 amide bonds. The maximum atomic E-state index is 14.2. The number of rotatable bonds is 6. The molecule has 5 rings (SSSR count). The van der Waals surface area contributed by atoms with Crippen LogP contribution in [0.3, 0.4) is 0 Å². The molecule has 192 valence electrons. The van der Waals surface area contributed by atoms with Crippen molar-refractivity contribution in [2.45, 2.75) is 23.4 Å². The third-order valence-corrected chi connectivity index (χ3v) is 7.86. The van der Waals surface area contributed by atoms with Crippen LogP contribution in [0.2, 0.25) is 0 Å². The van der Waals surface area contributed by atoms with Gasteiger partial charge in [-0.15, -0.1) is 0 Å². The third-order valence-electron chi connectivity index (χ3n) is 7.33. The highest BCUT2D eigenvalue weighted by Gasteiger charge is 2.66. The Morgan fingerprint density at radius 1 is 0.892 bits per heavy atom. The summed E-state index contributed by atoms with van der Waals surface area (Å²) in [4.78, 5) is 27.5. The molecular formula is C28H27BrN2O6. The molecule has 2 heterocycles. The fourth-order valence-corrected chi connectivity index (χ4v) is 6.09. The van der Waals surface area contributed by atoms with Crippen LogP contribution in [0.1, 0.15) is 28.7 Å². The summed E-state index contributed by atoms with van der Waals surface area (Å²) in [5.41, 5.74) is 1.85. The number of carbonyl (C=O) groups excluding carboxylic acids is 2. The molecule has 1 spiro atoms. The smallest absolute Gasteiger partial charge is 0.323 e. The minimum atomic E-state index is -1.19. The lowest BCUT2D eigenvalue weighted by Crippen LogP contribution is -2.44. The normalized spacial score (nSPS) is 23.9. The lowest BCUT2D eigenvalue weighted by Gasteiger charge is -2.35. The van der Waals surface area contributed by atoms with Crippen LogP contribution in [0, 0.1) is 0 Å². The Hall–Kier alpha value is -3.56. The van der Waals surface area contributed by atoms with Gasteiger partial charge in [-0.25, -0.2) is 0 Å². The Morgan fingerprint density at radius 2 is 1.54 bits per heavy atom. The van der Waals surface area contributed by atoms with Crippen molar-refractivity contribution in [2.75, 3.05) is 33.8 Å². The minimum absolute atomic E-state index is 0.209. The molecule has 0 unspecified atom stereocenters. The van der Waals surface area contributed by atoms with Gasteiger partial charge in [-0.2, -0.15) is 0 Å². The van der Waals surface area contributed by atoms with Crippen LogP contribution in [0.4, 0.5) is 5.69 Å². The number of anilines is 1. The molecule has 4 atom stereocenters. The van der Waals surface area contributed by atoms with Crippen molar-refractivity contribution in [3.63, 3.8) is 0 Å². The van der Waals surface area contributed by atoms with Crippen LogP contribution in [-0.4, -0.2) is 46.4 Å². The highest BCUT2D eigenvalue weighted by atomic mass is 79.9. The summed E-state index contributed by atoms with van der Waals surface area (Å²) in [7, 11) is 5.94. The van der Waals surface area contributed by atoms with E-state index >= 15 is 0 Å². The maximum Gasteiger partial charge on any atom is 0.323 e. The van der Waals surface area contributed by atoms with E-state index in [0.717, 1.165) is 15.6 Å². The quantitative estimate of drug-likeness (QED) is 0.428. The van der Waals surface area contributed by atoms with Gasteiger partial charge < -0.3 is 24.3 Å². The zero-order chi connectivity index (χ0) is 26.3. The predicted octanol–water partition coefficient (Wildman–Crippen LogP) is 4.33. The van der Waals surface area contributed by atoms with E-state index in [4.69, 9.17) is 18.9 Å². The van der Waals surface area contributed by atoms with Gasteiger partial charge in [-0.3, -0.25) is 14.9 Å². The molecule has 0 aromatic heterocycles. The highest BCUT2D eigenvalue weighted by molar-refractivity contribution is 9.10. The number of nitrogens with one attached hydrogen (secondary N) is 2. The molecule has 9 heteroatoms. The zero-order valence-corrected chi connectivity index (χ0v) is 22.4. The van der Waals surface area contributed by atoms with Crippen molar-refractivity contribution in [1.29, 1.82) is 0 Å². The molecule has 0 radical (unpaired) electrons. The van der Waals surface area contributed by atoms with Crippen molar-refractivity contribution in [3.8, 4) is 17.2 Å². The van der Waals surface area contributed by atoms with Gasteiger partial charge in [0.2, 0.25) is 11.7 Å². The lowest BCUT2D eigenvalue weighted by molar-refractivity contribution is -0.143. The summed E-state index contributed by atoms with van der Waals surface area (Å²) >= 11 is 3.49. The number of para-hydroxylation sites is 1. The summed E-state index contributed by atoms with van der Waals surface area (Å²) in [5, 5.41) is 6.54. The number of hydrogen-bond donors (Lipinski definition) is 2. The Kier molecular flexibility index (Phi) is 6.59. The molecule has 2 aliphatic heterocycles. The van der Waals surface area contributed by atoms with Crippen LogP contribution in [0.5, 0.6) is 17.2 Å². The van der Waals surface area contributed by atoms with E-state index in [9.17, 15) is 9.59 Å². The number of methoxy groups -OCH3 is 4. The molecule has 2 N–H and O–H groups in total. The SMILES string of the molecule is COC(=O)[C@H]1N[C@@H](c2ccc(Br)cc2)[C@]2(C(=O)Nc3ccccc32)[C@H]1c1cc(OC)c(OC)c(OC)c1. The van der Waals surface area contributed by atoms with Gasteiger partial charge in [0.05, 0.1) is 34.5 Å². The first kappa shape index (κ1) is 25.1. The Morgan fingerprint density at radius 3 is 2.14 bits per heavy atom. The van der Waals surface area contributed by atoms with Gasteiger partial charge in [-0.05, 0) is 47.0 Å². The number of carbonyl (C=O) groups is 2. The number of amides is 1. The number of hydrogen-bond acceptors (Lipinski definition) is 7. The first-order chi connectivity index (χ1) is 17.9.